The Balaban J connectivity index is 1.83. The molecule has 0 aliphatic carbocycles. The molecule has 1 aliphatic rings. The summed E-state index contributed by atoms with van der Waals surface area (Å²) < 4.78 is 3.71. The van der Waals surface area contributed by atoms with Crippen LogP contribution in [0.5, 0.6) is 0 Å². The molecular formula is C13H19N5OS. The number of aromatic nitrogens is 4. The summed E-state index contributed by atoms with van der Waals surface area (Å²) in [7, 11) is 0. The maximum absolute atomic E-state index is 12.3. The van der Waals surface area contributed by atoms with E-state index < -0.39 is 0 Å². The van der Waals surface area contributed by atoms with E-state index in [4.69, 9.17) is 0 Å². The number of thioether (sulfide) groups is 1. The van der Waals surface area contributed by atoms with E-state index in [0.717, 1.165) is 47.9 Å². The smallest absolute Gasteiger partial charge is 0.244 e. The first-order chi connectivity index (χ1) is 9.70. The SMILES string of the molecule is CCn1nc(C)c2c1cnn2CC(=O)N1CCSCC1. The van der Waals surface area contributed by atoms with Crippen molar-refractivity contribution < 1.29 is 4.79 Å². The summed E-state index contributed by atoms with van der Waals surface area (Å²) in [4.78, 5) is 14.3. The van der Waals surface area contributed by atoms with Gasteiger partial charge < -0.3 is 4.90 Å². The fourth-order valence-corrected chi connectivity index (χ4v) is 3.52. The third-order valence-corrected chi connectivity index (χ3v) is 4.60. The lowest BCUT2D eigenvalue weighted by atomic mass is 10.3. The van der Waals surface area contributed by atoms with Gasteiger partial charge in [-0.15, -0.1) is 0 Å². The lowest BCUT2D eigenvalue weighted by molar-refractivity contribution is -0.131. The fraction of sp³-hybridized carbons (Fsp3) is 0.615. The highest BCUT2D eigenvalue weighted by Crippen LogP contribution is 2.18. The highest BCUT2D eigenvalue weighted by molar-refractivity contribution is 7.99. The van der Waals surface area contributed by atoms with Crippen LogP contribution in [-0.2, 0) is 17.9 Å². The molecule has 0 spiro atoms. The van der Waals surface area contributed by atoms with Crippen molar-refractivity contribution in [1.82, 2.24) is 24.5 Å². The normalized spacial score (nSPS) is 16.0. The summed E-state index contributed by atoms with van der Waals surface area (Å²) in [6.45, 7) is 6.84. The van der Waals surface area contributed by atoms with Gasteiger partial charge in [-0.2, -0.15) is 22.0 Å². The van der Waals surface area contributed by atoms with Gasteiger partial charge in [0.1, 0.15) is 17.6 Å². The molecular weight excluding hydrogens is 274 g/mol. The van der Waals surface area contributed by atoms with Crippen molar-refractivity contribution in [2.24, 2.45) is 0 Å². The lowest BCUT2D eigenvalue weighted by Crippen LogP contribution is -2.39. The van der Waals surface area contributed by atoms with Crippen LogP contribution in [0.3, 0.4) is 0 Å². The number of nitrogens with zero attached hydrogens (tertiary/aromatic N) is 5. The quantitative estimate of drug-likeness (QED) is 0.851. The molecule has 3 heterocycles. The van der Waals surface area contributed by atoms with Crippen molar-refractivity contribution in [2.45, 2.75) is 26.9 Å². The van der Waals surface area contributed by atoms with Crippen LogP contribution >= 0.6 is 11.8 Å². The van der Waals surface area contributed by atoms with E-state index in [1.807, 2.05) is 28.3 Å². The van der Waals surface area contributed by atoms with E-state index in [2.05, 4.69) is 17.1 Å². The third-order valence-electron chi connectivity index (χ3n) is 3.66. The van der Waals surface area contributed by atoms with E-state index in [0.29, 0.717) is 6.54 Å². The number of hydrogen-bond donors (Lipinski definition) is 0. The molecule has 1 fully saturated rings. The highest BCUT2D eigenvalue weighted by Gasteiger charge is 2.20. The summed E-state index contributed by atoms with van der Waals surface area (Å²) in [5.41, 5.74) is 2.92. The first-order valence-corrected chi connectivity index (χ1v) is 8.10. The molecule has 0 unspecified atom stereocenters. The van der Waals surface area contributed by atoms with Crippen molar-refractivity contribution in [3.8, 4) is 0 Å². The Labute approximate surface area is 122 Å². The molecule has 0 radical (unpaired) electrons. The van der Waals surface area contributed by atoms with E-state index in [1.54, 1.807) is 10.9 Å². The fourth-order valence-electron chi connectivity index (χ4n) is 2.62. The maximum Gasteiger partial charge on any atom is 0.244 e. The molecule has 20 heavy (non-hydrogen) atoms. The predicted octanol–water partition coefficient (Wildman–Crippen LogP) is 1.14. The van der Waals surface area contributed by atoms with Crippen molar-refractivity contribution in [2.75, 3.05) is 24.6 Å². The van der Waals surface area contributed by atoms with Crippen LogP contribution in [0.1, 0.15) is 12.6 Å². The van der Waals surface area contributed by atoms with E-state index >= 15 is 0 Å². The van der Waals surface area contributed by atoms with E-state index in [9.17, 15) is 4.79 Å². The van der Waals surface area contributed by atoms with E-state index in [1.165, 1.54) is 0 Å². The van der Waals surface area contributed by atoms with Crippen LogP contribution < -0.4 is 0 Å². The van der Waals surface area contributed by atoms with Crippen LogP contribution in [0.25, 0.3) is 11.0 Å². The molecule has 7 heteroatoms. The molecule has 0 saturated carbocycles. The molecule has 0 aromatic carbocycles. The zero-order valence-electron chi connectivity index (χ0n) is 11.9. The predicted molar refractivity (Wildman–Crippen MR) is 79.8 cm³/mol. The Hall–Kier alpha value is -1.50. The van der Waals surface area contributed by atoms with Crippen molar-refractivity contribution in [3.63, 3.8) is 0 Å². The minimum atomic E-state index is 0.152. The standard InChI is InChI=1S/C13H19N5OS/c1-3-17-11-8-14-18(13(11)10(2)15-17)9-12(19)16-4-6-20-7-5-16/h8H,3-7,9H2,1-2H3. The van der Waals surface area contributed by atoms with Crippen molar-refractivity contribution in [1.29, 1.82) is 0 Å². The lowest BCUT2D eigenvalue weighted by Gasteiger charge is -2.26. The highest BCUT2D eigenvalue weighted by atomic mass is 32.2. The zero-order valence-corrected chi connectivity index (χ0v) is 12.7. The van der Waals surface area contributed by atoms with Gasteiger partial charge in [-0.25, -0.2) is 0 Å². The molecule has 0 N–H and O–H groups in total. The van der Waals surface area contributed by atoms with Crippen LogP contribution in [0.15, 0.2) is 6.20 Å². The Morgan fingerprint density at radius 1 is 1.35 bits per heavy atom. The zero-order chi connectivity index (χ0) is 14.1. The van der Waals surface area contributed by atoms with Crippen LogP contribution in [0.4, 0.5) is 0 Å². The Morgan fingerprint density at radius 2 is 2.10 bits per heavy atom. The maximum atomic E-state index is 12.3. The molecule has 2 aromatic rings. The number of aryl methyl sites for hydroxylation is 2. The van der Waals surface area contributed by atoms with Gasteiger partial charge in [-0.05, 0) is 13.8 Å². The number of hydrogen-bond acceptors (Lipinski definition) is 4. The number of carbonyl (C=O) groups is 1. The molecule has 6 nitrogen and oxygen atoms in total. The van der Waals surface area contributed by atoms with Crippen LogP contribution in [0, 0.1) is 6.92 Å². The van der Waals surface area contributed by atoms with Gasteiger partial charge in [-0.3, -0.25) is 14.2 Å². The molecule has 1 amide bonds. The van der Waals surface area contributed by atoms with Gasteiger partial charge in [0.05, 0.1) is 11.9 Å². The monoisotopic (exact) mass is 293 g/mol. The van der Waals surface area contributed by atoms with Crippen LogP contribution in [0.2, 0.25) is 0 Å². The number of rotatable bonds is 3. The van der Waals surface area contributed by atoms with Gasteiger partial charge in [0.2, 0.25) is 5.91 Å². The molecule has 108 valence electrons. The van der Waals surface area contributed by atoms with Gasteiger partial charge in [-0.1, -0.05) is 0 Å². The molecule has 0 atom stereocenters. The third kappa shape index (κ3) is 2.30. The van der Waals surface area contributed by atoms with Crippen LogP contribution in [-0.4, -0.2) is 55.0 Å². The first kappa shape index (κ1) is 13.5. The number of fused-ring (bicyclic) bond motifs is 1. The van der Waals surface area contributed by atoms with Crippen molar-refractivity contribution in [3.05, 3.63) is 11.9 Å². The summed E-state index contributed by atoms with van der Waals surface area (Å²) in [5, 5.41) is 8.84. The van der Waals surface area contributed by atoms with Gasteiger partial charge in [0.25, 0.3) is 0 Å². The molecule has 3 rings (SSSR count). The van der Waals surface area contributed by atoms with Gasteiger partial charge in [0.15, 0.2) is 0 Å². The van der Waals surface area contributed by atoms with Gasteiger partial charge >= 0.3 is 0 Å². The first-order valence-electron chi connectivity index (χ1n) is 6.95. The number of amides is 1. The Morgan fingerprint density at radius 3 is 2.80 bits per heavy atom. The molecule has 1 saturated heterocycles. The minimum Gasteiger partial charge on any atom is -0.339 e. The Kier molecular flexibility index (Phi) is 3.69. The summed E-state index contributed by atoms with van der Waals surface area (Å²) >= 11 is 1.91. The summed E-state index contributed by atoms with van der Waals surface area (Å²) in [6.07, 6.45) is 1.80. The average Bonchev–Trinajstić information content (AvgIpc) is 3.02. The molecule has 0 bridgehead atoms. The molecule has 2 aromatic heterocycles. The van der Waals surface area contributed by atoms with Gasteiger partial charge in [0, 0.05) is 31.1 Å². The average molecular weight is 293 g/mol. The van der Waals surface area contributed by atoms with E-state index in [-0.39, 0.29) is 5.91 Å². The second kappa shape index (κ2) is 5.47. The number of carbonyl (C=O) groups excluding carboxylic acids is 1. The second-order valence-electron chi connectivity index (χ2n) is 4.93. The summed E-state index contributed by atoms with van der Waals surface area (Å²) in [6, 6.07) is 0. The van der Waals surface area contributed by atoms with Crippen molar-refractivity contribution >= 4 is 28.7 Å². The Bertz CT molecular complexity index is 626. The second-order valence-corrected chi connectivity index (χ2v) is 6.16. The largest absolute Gasteiger partial charge is 0.339 e. The topological polar surface area (TPSA) is 56.0 Å². The minimum absolute atomic E-state index is 0.152. The molecule has 1 aliphatic heterocycles. The summed E-state index contributed by atoms with van der Waals surface area (Å²) in [5.74, 6) is 2.22.